The van der Waals surface area contributed by atoms with Gasteiger partial charge in [0.2, 0.25) is 5.91 Å². The number of anilines is 1. The highest BCUT2D eigenvalue weighted by molar-refractivity contribution is 5.92. The fourth-order valence-electron chi connectivity index (χ4n) is 5.77. The third kappa shape index (κ3) is 6.26. The van der Waals surface area contributed by atoms with Crippen molar-refractivity contribution in [2.24, 2.45) is 5.92 Å². The molecule has 1 aliphatic heterocycles. The van der Waals surface area contributed by atoms with Gasteiger partial charge in [-0.3, -0.25) is 14.9 Å². The lowest BCUT2D eigenvalue weighted by Gasteiger charge is -2.32. The first-order valence-corrected chi connectivity index (χ1v) is 14.3. The summed E-state index contributed by atoms with van der Waals surface area (Å²) in [6.07, 6.45) is 4.13. The van der Waals surface area contributed by atoms with Crippen molar-refractivity contribution < 1.29 is 9.72 Å². The molecule has 3 aromatic carbocycles. The fraction of sp³-hybridized carbons (Fsp3) is 0.364. The maximum Gasteiger partial charge on any atom is 0.270 e. The Morgan fingerprint density at radius 3 is 2.60 bits per heavy atom. The van der Waals surface area contributed by atoms with E-state index < -0.39 is 0 Å². The van der Waals surface area contributed by atoms with Crippen LogP contribution in [0.1, 0.15) is 55.7 Å². The number of carbonyl (C=O) groups excluding carboxylic acids is 1. The minimum atomic E-state index is -0.336. The number of nitrogens with zero attached hydrogens (tertiary/aromatic N) is 2. The van der Waals surface area contributed by atoms with Gasteiger partial charge in [0.05, 0.1) is 4.92 Å². The summed E-state index contributed by atoms with van der Waals surface area (Å²) in [5, 5.41) is 15.6. The van der Waals surface area contributed by atoms with E-state index in [9.17, 15) is 14.9 Å². The Kier molecular flexibility index (Phi) is 8.31. The number of aryl methyl sites for hydroxylation is 2. The number of carbonyl (C=O) groups is 1. The smallest absolute Gasteiger partial charge is 0.270 e. The number of benzene rings is 3. The first kappa shape index (κ1) is 27.6. The number of nitro benzene ring substituents is 1. The van der Waals surface area contributed by atoms with Gasteiger partial charge in [0.25, 0.3) is 5.69 Å². The number of aromatic amines is 1. The van der Waals surface area contributed by atoms with Crippen LogP contribution in [0.4, 0.5) is 11.4 Å². The number of nitrogens with one attached hydrogen (secondary N) is 2. The Balaban J connectivity index is 1.23. The van der Waals surface area contributed by atoms with Gasteiger partial charge in [-0.1, -0.05) is 49.7 Å². The zero-order valence-corrected chi connectivity index (χ0v) is 23.6. The maximum atomic E-state index is 12.1. The van der Waals surface area contributed by atoms with Crippen LogP contribution in [0.15, 0.2) is 66.7 Å². The molecule has 0 atom stereocenters. The van der Waals surface area contributed by atoms with Crippen LogP contribution in [0.5, 0.6) is 0 Å². The summed E-state index contributed by atoms with van der Waals surface area (Å²) in [5.41, 5.74) is 7.62. The van der Waals surface area contributed by atoms with Crippen molar-refractivity contribution in [3.05, 3.63) is 93.5 Å². The van der Waals surface area contributed by atoms with E-state index in [1.165, 1.54) is 28.1 Å². The summed E-state index contributed by atoms with van der Waals surface area (Å²) in [4.78, 5) is 29.3. The highest BCUT2D eigenvalue weighted by Gasteiger charge is 2.22. The quantitative estimate of drug-likeness (QED) is 0.171. The lowest BCUT2D eigenvalue weighted by molar-refractivity contribution is -0.384. The Morgan fingerprint density at radius 2 is 1.85 bits per heavy atom. The van der Waals surface area contributed by atoms with Crippen molar-refractivity contribution in [3.63, 3.8) is 0 Å². The molecule has 0 aliphatic carbocycles. The van der Waals surface area contributed by atoms with E-state index in [1.807, 2.05) is 32.0 Å². The van der Waals surface area contributed by atoms with Gasteiger partial charge in [0.1, 0.15) is 0 Å². The molecule has 2 heterocycles. The van der Waals surface area contributed by atoms with Crippen molar-refractivity contribution in [2.75, 3.05) is 25.0 Å². The van der Waals surface area contributed by atoms with Gasteiger partial charge in [-0.05, 0) is 93.6 Å². The molecule has 7 heteroatoms. The zero-order chi connectivity index (χ0) is 28.2. The van der Waals surface area contributed by atoms with Crippen LogP contribution in [-0.4, -0.2) is 40.3 Å². The number of non-ortho nitro benzene ring substituents is 1. The SMILES string of the molecule is Cc1ccc2[nH]c(-c3cccc([N+](=O)[O-])c3)c(CCCN3CCC(c4cccc(NC(=O)C(C)C)c4)CC3)c2c1. The number of aromatic nitrogens is 1. The zero-order valence-electron chi connectivity index (χ0n) is 23.6. The van der Waals surface area contributed by atoms with Gasteiger partial charge < -0.3 is 15.2 Å². The molecule has 2 N–H and O–H groups in total. The minimum absolute atomic E-state index is 0.0394. The van der Waals surface area contributed by atoms with Gasteiger partial charge in [-0.25, -0.2) is 0 Å². The third-order valence-corrected chi connectivity index (χ3v) is 8.05. The number of piperidine rings is 1. The van der Waals surface area contributed by atoms with Gasteiger partial charge >= 0.3 is 0 Å². The Labute approximate surface area is 235 Å². The van der Waals surface area contributed by atoms with E-state index in [-0.39, 0.29) is 22.4 Å². The first-order valence-electron chi connectivity index (χ1n) is 14.3. The Hall–Kier alpha value is -3.97. The maximum absolute atomic E-state index is 12.1. The summed E-state index contributed by atoms with van der Waals surface area (Å²) in [5.74, 6) is 0.512. The predicted octanol–water partition coefficient (Wildman–Crippen LogP) is 7.46. The molecular weight excluding hydrogens is 500 g/mol. The number of rotatable bonds is 9. The molecule has 40 heavy (non-hydrogen) atoms. The highest BCUT2D eigenvalue weighted by atomic mass is 16.6. The average molecular weight is 539 g/mol. The summed E-state index contributed by atoms with van der Waals surface area (Å²) >= 11 is 0. The molecule has 1 fully saturated rings. The molecule has 0 spiro atoms. The molecule has 1 aromatic heterocycles. The monoisotopic (exact) mass is 538 g/mol. The molecule has 1 amide bonds. The number of likely N-dealkylation sites (tertiary alicyclic amines) is 1. The number of H-pyrrole nitrogens is 1. The van der Waals surface area contributed by atoms with E-state index in [0.717, 1.165) is 67.8 Å². The van der Waals surface area contributed by atoms with E-state index >= 15 is 0 Å². The molecular formula is C33H38N4O3. The Morgan fingerprint density at radius 1 is 1.07 bits per heavy atom. The summed E-state index contributed by atoms with van der Waals surface area (Å²) < 4.78 is 0. The summed E-state index contributed by atoms with van der Waals surface area (Å²) in [6.45, 7) is 9.04. The van der Waals surface area contributed by atoms with Crippen molar-refractivity contribution in [1.82, 2.24) is 9.88 Å². The van der Waals surface area contributed by atoms with Crippen LogP contribution in [0.3, 0.4) is 0 Å². The number of hydrogen-bond acceptors (Lipinski definition) is 4. The third-order valence-electron chi connectivity index (χ3n) is 8.05. The van der Waals surface area contributed by atoms with Gasteiger partial charge in [-0.15, -0.1) is 0 Å². The van der Waals surface area contributed by atoms with E-state index in [0.29, 0.717) is 5.92 Å². The molecule has 7 nitrogen and oxygen atoms in total. The minimum Gasteiger partial charge on any atom is -0.354 e. The second-order valence-electron chi connectivity index (χ2n) is 11.3. The van der Waals surface area contributed by atoms with Gasteiger partial charge in [0, 0.05) is 45.9 Å². The van der Waals surface area contributed by atoms with Crippen LogP contribution in [0.25, 0.3) is 22.2 Å². The van der Waals surface area contributed by atoms with Crippen molar-refractivity contribution >= 4 is 28.2 Å². The van der Waals surface area contributed by atoms with Crippen LogP contribution >= 0.6 is 0 Å². The lowest BCUT2D eigenvalue weighted by Crippen LogP contribution is -2.33. The lowest BCUT2D eigenvalue weighted by atomic mass is 9.89. The fourth-order valence-corrected chi connectivity index (χ4v) is 5.77. The molecule has 0 saturated carbocycles. The van der Waals surface area contributed by atoms with Crippen LogP contribution < -0.4 is 5.32 Å². The molecule has 0 bridgehead atoms. The predicted molar refractivity (Wildman–Crippen MR) is 162 cm³/mol. The molecule has 0 unspecified atom stereocenters. The van der Waals surface area contributed by atoms with E-state index in [1.54, 1.807) is 12.1 Å². The number of hydrogen-bond donors (Lipinski definition) is 2. The second kappa shape index (κ2) is 12.0. The molecule has 0 radical (unpaired) electrons. The van der Waals surface area contributed by atoms with E-state index in [2.05, 4.69) is 52.5 Å². The molecule has 1 aliphatic rings. The number of amides is 1. The second-order valence-corrected chi connectivity index (χ2v) is 11.3. The first-order chi connectivity index (χ1) is 19.3. The van der Waals surface area contributed by atoms with Crippen LogP contribution in [0, 0.1) is 23.0 Å². The van der Waals surface area contributed by atoms with E-state index in [4.69, 9.17) is 0 Å². The topological polar surface area (TPSA) is 91.3 Å². The van der Waals surface area contributed by atoms with Gasteiger partial charge in [0.15, 0.2) is 0 Å². The molecule has 5 rings (SSSR count). The summed E-state index contributed by atoms with van der Waals surface area (Å²) in [6, 6.07) is 21.6. The normalized spacial score (nSPS) is 14.6. The summed E-state index contributed by atoms with van der Waals surface area (Å²) in [7, 11) is 0. The number of fused-ring (bicyclic) bond motifs is 1. The average Bonchev–Trinajstić information content (AvgIpc) is 3.31. The Bertz CT molecular complexity index is 1520. The standard InChI is InChI=1S/C33H38N4O3/c1-22(2)33(38)34-27-9-4-7-25(20-27)24-14-17-36(18-15-24)16-6-11-29-30-19-23(3)12-13-31(30)35-32(29)26-8-5-10-28(21-26)37(39)40/h4-5,7-10,12-13,19-22,24,35H,6,11,14-18H2,1-3H3,(H,34,38). The van der Waals surface area contributed by atoms with Crippen LogP contribution in [-0.2, 0) is 11.2 Å². The van der Waals surface area contributed by atoms with Crippen molar-refractivity contribution in [3.8, 4) is 11.3 Å². The highest BCUT2D eigenvalue weighted by Crippen LogP contribution is 2.34. The van der Waals surface area contributed by atoms with Crippen molar-refractivity contribution in [1.29, 1.82) is 0 Å². The van der Waals surface area contributed by atoms with Gasteiger partial charge in [-0.2, -0.15) is 0 Å². The molecule has 1 saturated heterocycles. The van der Waals surface area contributed by atoms with Crippen molar-refractivity contribution in [2.45, 2.75) is 52.4 Å². The number of nitro groups is 1. The molecule has 208 valence electrons. The molecule has 4 aromatic rings. The van der Waals surface area contributed by atoms with Crippen LogP contribution in [0.2, 0.25) is 0 Å². The largest absolute Gasteiger partial charge is 0.354 e.